The Morgan fingerprint density at radius 3 is 0.684 bits per heavy atom. The fourth-order valence-electron chi connectivity index (χ4n) is 3.67. The van der Waals surface area contributed by atoms with Crippen molar-refractivity contribution in [2.24, 2.45) is 0 Å². The summed E-state index contributed by atoms with van der Waals surface area (Å²) in [6, 6.07) is 31.2. The zero-order chi connectivity index (χ0) is 26.7. The van der Waals surface area contributed by atoms with Gasteiger partial charge in [0.1, 0.15) is 0 Å². The van der Waals surface area contributed by atoms with E-state index >= 15 is 0 Å². The lowest BCUT2D eigenvalue weighted by atomic mass is 10.0. The van der Waals surface area contributed by atoms with E-state index in [1.807, 2.05) is 97.1 Å². The minimum Gasteiger partial charge on any atom is -0.399 e. The lowest BCUT2D eigenvalue weighted by Gasteiger charge is -2.04. The van der Waals surface area contributed by atoms with Gasteiger partial charge >= 0.3 is 0 Å². The molecule has 0 spiro atoms. The van der Waals surface area contributed by atoms with Crippen LogP contribution in [0.3, 0.4) is 0 Å². The summed E-state index contributed by atoms with van der Waals surface area (Å²) in [7, 11) is 0. The lowest BCUT2D eigenvalue weighted by Crippen LogP contribution is -1.86. The summed E-state index contributed by atoms with van der Waals surface area (Å²) in [5.74, 6) is 0. The first-order chi connectivity index (χ1) is 18.4. The van der Waals surface area contributed by atoms with Crippen LogP contribution in [0.4, 0.5) is 22.7 Å². The molecule has 0 aliphatic carbocycles. The Morgan fingerprint density at radius 1 is 0.316 bits per heavy atom. The molecule has 0 aromatic heterocycles. The smallest absolute Gasteiger partial charge is 0.0314 e. The maximum Gasteiger partial charge on any atom is 0.0314 e. The molecule has 4 aromatic carbocycles. The van der Waals surface area contributed by atoms with Gasteiger partial charge in [0.2, 0.25) is 0 Å². The molecule has 8 N–H and O–H groups in total. The van der Waals surface area contributed by atoms with E-state index in [2.05, 4.69) is 48.6 Å². The van der Waals surface area contributed by atoms with E-state index in [1.165, 1.54) is 0 Å². The van der Waals surface area contributed by atoms with Crippen molar-refractivity contribution in [3.05, 3.63) is 155 Å². The molecule has 4 heteroatoms. The summed E-state index contributed by atoms with van der Waals surface area (Å²) >= 11 is 0. The molecular formula is C34H32N4. The van der Waals surface area contributed by atoms with Gasteiger partial charge in [0, 0.05) is 22.7 Å². The Morgan fingerprint density at radius 2 is 0.500 bits per heavy atom. The van der Waals surface area contributed by atoms with Gasteiger partial charge in [0.25, 0.3) is 0 Å². The minimum absolute atomic E-state index is 0.736. The first-order valence-electron chi connectivity index (χ1n) is 12.3. The molecule has 0 saturated carbocycles. The van der Waals surface area contributed by atoms with Gasteiger partial charge in [0.15, 0.2) is 0 Å². The molecule has 38 heavy (non-hydrogen) atoms. The van der Waals surface area contributed by atoms with Crippen LogP contribution in [-0.4, -0.2) is 0 Å². The first-order valence-corrected chi connectivity index (χ1v) is 12.3. The van der Waals surface area contributed by atoms with Crippen LogP contribution < -0.4 is 22.9 Å². The second-order valence-corrected chi connectivity index (χ2v) is 8.91. The van der Waals surface area contributed by atoms with E-state index in [0.717, 1.165) is 56.1 Å². The van der Waals surface area contributed by atoms with Crippen LogP contribution >= 0.6 is 0 Å². The van der Waals surface area contributed by atoms with E-state index in [0.29, 0.717) is 0 Å². The molecule has 0 aliphatic heterocycles. The summed E-state index contributed by atoms with van der Waals surface area (Å²) in [6.07, 6.45) is 16.7. The highest BCUT2D eigenvalue weighted by Gasteiger charge is 1.99. The van der Waals surface area contributed by atoms with Crippen LogP contribution in [0.15, 0.2) is 133 Å². The summed E-state index contributed by atoms with van der Waals surface area (Å²) in [5, 5.41) is 0. The zero-order valence-electron chi connectivity index (χ0n) is 21.2. The van der Waals surface area contributed by atoms with Gasteiger partial charge in [-0.05, 0) is 81.9 Å². The monoisotopic (exact) mass is 496 g/mol. The highest BCUT2D eigenvalue weighted by atomic mass is 14.5. The van der Waals surface area contributed by atoms with Crippen molar-refractivity contribution in [3.63, 3.8) is 0 Å². The van der Waals surface area contributed by atoms with Gasteiger partial charge in [-0.2, -0.15) is 0 Å². The van der Waals surface area contributed by atoms with Crippen LogP contribution in [0.25, 0.3) is 24.3 Å². The van der Waals surface area contributed by atoms with Crippen molar-refractivity contribution in [2.75, 3.05) is 22.9 Å². The van der Waals surface area contributed by atoms with Crippen molar-refractivity contribution in [1.29, 1.82) is 0 Å². The van der Waals surface area contributed by atoms with Crippen LogP contribution in [0, 0.1) is 0 Å². The number of benzene rings is 4. The second kappa shape index (κ2) is 12.7. The molecule has 0 bridgehead atoms. The highest BCUT2D eigenvalue weighted by molar-refractivity contribution is 5.69. The van der Waals surface area contributed by atoms with E-state index in [-0.39, 0.29) is 0 Å². The molecule has 0 amide bonds. The average Bonchev–Trinajstić information content (AvgIpc) is 2.93. The van der Waals surface area contributed by atoms with Crippen molar-refractivity contribution < 1.29 is 0 Å². The number of nitrogens with two attached hydrogens (primary N) is 4. The third-order valence-corrected chi connectivity index (χ3v) is 5.90. The number of anilines is 4. The Bertz CT molecular complexity index is 1250. The fraction of sp³-hybridized carbons (Fsp3) is 0. The van der Waals surface area contributed by atoms with E-state index < -0.39 is 0 Å². The van der Waals surface area contributed by atoms with Crippen LogP contribution in [-0.2, 0) is 0 Å². The molecule has 4 rings (SSSR count). The number of hydrogen-bond acceptors (Lipinski definition) is 4. The lowest BCUT2D eigenvalue weighted by molar-refractivity contribution is 1.56. The minimum atomic E-state index is 0.736. The van der Waals surface area contributed by atoms with Gasteiger partial charge in [0.05, 0.1) is 0 Å². The predicted octanol–water partition coefficient (Wildman–Crippen LogP) is 7.47. The Balaban J connectivity index is 1.79. The van der Waals surface area contributed by atoms with E-state index in [4.69, 9.17) is 22.9 Å². The molecule has 4 nitrogen and oxygen atoms in total. The van der Waals surface area contributed by atoms with E-state index in [1.54, 1.807) is 0 Å². The number of nitrogen functional groups attached to an aromatic ring is 4. The van der Waals surface area contributed by atoms with Crippen LogP contribution in [0.2, 0.25) is 0 Å². The topological polar surface area (TPSA) is 104 Å². The number of rotatable bonds is 8. The standard InChI is InChI=1S/C34H32N4/c35-31-17-5-25(6-18-31)1-13-29(14-2-26-7-19-32(36)20-8-26)30(15-3-27-9-21-33(37)22-10-27)16-4-28-11-23-34(38)24-12-28/h1-24H,35-38H2. The predicted molar refractivity (Wildman–Crippen MR) is 167 cm³/mol. The Kier molecular flexibility index (Phi) is 8.61. The van der Waals surface area contributed by atoms with Crippen molar-refractivity contribution >= 4 is 47.1 Å². The summed E-state index contributed by atoms with van der Waals surface area (Å²) in [5.41, 5.74) is 32.7. The normalized spacial score (nSPS) is 11.7. The third kappa shape index (κ3) is 7.90. The van der Waals surface area contributed by atoms with Gasteiger partial charge in [-0.25, -0.2) is 0 Å². The molecule has 0 heterocycles. The van der Waals surface area contributed by atoms with E-state index in [9.17, 15) is 0 Å². The Hall–Kier alpha value is -5.22. The Labute approximate surface area is 224 Å². The van der Waals surface area contributed by atoms with Crippen LogP contribution in [0.1, 0.15) is 22.3 Å². The van der Waals surface area contributed by atoms with Crippen LogP contribution in [0.5, 0.6) is 0 Å². The SMILES string of the molecule is Nc1ccc(C=CC(C=Cc2ccc(N)cc2)=C(C=Cc2ccc(N)cc2)C=Cc2ccc(N)cc2)cc1. The number of allylic oxidation sites excluding steroid dienone is 6. The second-order valence-electron chi connectivity index (χ2n) is 8.91. The summed E-state index contributed by atoms with van der Waals surface area (Å²) in [4.78, 5) is 0. The molecule has 0 fully saturated rings. The zero-order valence-corrected chi connectivity index (χ0v) is 21.2. The van der Waals surface area contributed by atoms with Crippen molar-refractivity contribution in [1.82, 2.24) is 0 Å². The highest BCUT2D eigenvalue weighted by Crippen LogP contribution is 2.20. The van der Waals surface area contributed by atoms with Gasteiger partial charge in [-0.15, -0.1) is 0 Å². The molecule has 188 valence electrons. The fourth-order valence-corrected chi connectivity index (χ4v) is 3.67. The molecule has 0 unspecified atom stereocenters. The first kappa shape index (κ1) is 25.9. The average molecular weight is 497 g/mol. The van der Waals surface area contributed by atoms with Gasteiger partial charge in [-0.1, -0.05) is 97.1 Å². The number of hydrogen-bond donors (Lipinski definition) is 4. The quantitative estimate of drug-likeness (QED) is 0.150. The molecule has 4 aromatic rings. The molecule has 0 atom stereocenters. The van der Waals surface area contributed by atoms with Crippen molar-refractivity contribution in [2.45, 2.75) is 0 Å². The summed E-state index contributed by atoms with van der Waals surface area (Å²) < 4.78 is 0. The largest absolute Gasteiger partial charge is 0.399 e. The molecule has 0 radical (unpaired) electrons. The molecular weight excluding hydrogens is 464 g/mol. The maximum absolute atomic E-state index is 5.87. The molecule has 0 aliphatic rings. The maximum atomic E-state index is 5.87. The van der Waals surface area contributed by atoms with Gasteiger partial charge < -0.3 is 22.9 Å². The van der Waals surface area contributed by atoms with Crippen molar-refractivity contribution in [3.8, 4) is 0 Å². The summed E-state index contributed by atoms with van der Waals surface area (Å²) in [6.45, 7) is 0. The van der Waals surface area contributed by atoms with Gasteiger partial charge in [-0.3, -0.25) is 0 Å². The third-order valence-electron chi connectivity index (χ3n) is 5.90. The molecule has 0 saturated heterocycles.